The molecule has 1 atom stereocenters. The molecule has 3 heterocycles. The van der Waals surface area contributed by atoms with Gasteiger partial charge in [-0.2, -0.15) is 0 Å². The maximum absolute atomic E-state index is 14.7. The topological polar surface area (TPSA) is 79.0 Å². The molecular weight excluding hydrogens is 384 g/mol. The Morgan fingerprint density at radius 1 is 1.24 bits per heavy atom. The summed E-state index contributed by atoms with van der Waals surface area (Å²) in [5.41, 5.74) is 2.71. The van der Waals surface area contributed by atoms with E-state index in [2.05, 4.69) is 15.8 Å². The Kier molecular flexibility index (Phi) is 5.72. The van der Waals surface area contributed by atoms with Crippen LogP contribution in [0.4, 0.5) is 30.8 Å². The molecule has 0 unspecified atom stereocenters. The van der Waals surface area contributed by atoms with Gasteiger partial charge in [0.1, 0.15) is 17.6 Å². The highest BCUT2D eigenvalue weighted by molar-refractivity contribution is 5.90. The van der Waals surface area contributed by atoms with Crippen LogP contribution >= 0.6 is 0 Å². The lowest BCUT2D eigenvalue weighted by molar-refractivity contribution is 0.0589. The molecule has 154 valence electrons. The molecule has 1 aromatic heterocycles. The second-order valence-corrected chi connectivity index (χ2v) is 6.70. The summed E-state index contributed by atoms with van der Waals surface area (Å²) in [6.45, 7) is 2.03. The monoisotopic (exact) mass is 405 g/mol. The number of benzene rings is 1. The average Bonchev–Trinajstić information content (AvgIpc) is 2.89. The summed E-state index contributed by atoms with van der Waals surface area (Å²) < 4.78 is 34.8. The maximum atomic E-state index is 14.7. The predicted molar refractivity (Wildman–Crippen MR) is 103 cm³/mol. The fourth-order valence-electron chi connectivity index (χ4n) is 3.35. The van der Waals surface area contributed by atoms with Crippen molar-refractivity contribution in [1.82, 2.24) is 10.5 Å². The van der Waals surface area contributed by atoms with Crippen molar-refractivity contribution < 1.29 is 23.1 Å². The highest BCUT2D eigenvalue weighted by Gasteiger charge is 2.33. The van der Waals surface area contributed by atoms with Gasteiger partial charge in [0.15, 0.2) is 11.6 Å². The van der Waals surface area contributed by atoms with E-state index in [0.29, 0.717) is 38.6 Å². The summed E-state index contributed by atoms with van der Waals surface area (Å²) in [5.74, 6) is -0.811. The second kappa shape index (κ2) is 8.58. The zero-order valence-electron chi connectivity index (χ0n) is 15.6. The van der Waals surface area contributed by atoms with E-state index < -0.39 is 23.8 Å². The van der Waals surface area contributed by atoms with Crippen LogP contribution in [0.25, 0.3) is 0 Å². The van der Waals surface area contributed by atoms with E-state index in [4.69, 9.17) is 9.57 Å². The third-order valence-electron chi connectivity index (χ3n) is 4.73. The number of ether oxygens (including phenoxy) is 1. The van der Waals surface area contributed by atoms with Crippen LogP contribution in [0, 0.1) is 11.6 Å². The number of hydrogen-bond donors (Lipinski definition) is 2. The van der Waals surface area contributed by atoms with Gasteiger partial charge in [-0.3, -0.25) is 9.74 Å². The molecule has 2 N–H and O–H groups in total. The van der Waals surface area contributed by atoms with Gasteiger partial charge >= 0.3 is 6.09 Å². The molecule has 0 bridgehead atoms. The number of halogens is 2. The standard InChI is InChI=1S/C19H21F2N5O3/c20-15-9-13(10-16(21)18(15)25-6-5-24-28-8-7-25)26-12-14(29-19(26)27)11-23-17-3-1-2-4-22-17/h1-4,9-10,14,24H,5-8,11-12H2,(H,22,23)/t14-/m0/s1. The molecule has 0 saturated carbocycles. The quantitative estimate of drug-likeness (QED) is 0.789. The summed E-state index contributed by atoms with van der Waals surface area (Å²) in [6.07, 6.45) is 0.537. The largest absolute Gasteiger partial charge is 0.442 e. The molecule has 1 amide bonds. The number of nitrogens with zero attached hydrogens (tertiary/aromatic N) is 3. The van der Waals surface area contributed by atoms with Crippen LogP contribution in [-0.4, -0.2) is 56.5 Å². The molecule has 2 fully saturated rings. The number of anilines is 3. The van der Waals surface area contributed by atoms with Gasteiger partial charge in [0.05, 0.1) is 25.4 Å². The van der Waals surface area contributed by atoms with E-state index in [0.717, 1.165) is 12.1 Å². The Morgan fingerprint density at radius 2 is 2.07 bits per heavy atom. The molecule has 2 aromatic rings. The van der Waals surface area contributed by atoms with E-state index in [-0.39, 0.29) is 17.9 Å². The van der Waals surface area contributed by atoms with Gasteiger partial charge < -0.3 is 15.0 Å². The van der Waals surface area contributed by atoms with E-state index in [1.165, 1.54) is 4.90 Å². The minimum absolute atomic E-state index is 0.123. The van der Waals surface area contributed by atoms with Gasteiger partial charge in [0.2, 0.25) is 0 Å². The minimum atomic E-state index is -0.732. The van der Waals surface area contributed by atoms with Crippen molar-refractivity contribution in [3.8, 4) is 0 Å². The third kappa shape index (κ3) is 4.38. The number of carbonyl (C=O) groups is 1. The molecule has 2 aliphatic heterocycles. The van der Waals surface area contributed by atoms with Crippen LogP contribution in [0.1, 0.15) is 0 Å². The zero-order chi connectivity index (χ0) is 20.2. The van der Waals surface area contributed by atoms with Crippen molar-refractivity contribution in [3.05, 3.63) is 48.2 Å². The summed E-state index contributed by atoms with van der Waals surface area (Å²) in [7, 11) is 0. The summed E-state index contributed by atoms with van der Waals surface area (Å²) >= 11 is 0. The molecule has 4 rings (SSSR count). The van der Waals surface area contributed by atoms with Crippen LogP contribution in [0.5, 0.6) is 0 Å². The van der Waals surface area contributed by atoms with Crippen LogP contribution in [0.15, 0.2) is 36.5 Å². The van der Waals surface area contributed by atoms with Crippen LogP contribution < -0.4 is 20.6 Å². The summed E-state index contributed by atoms with van der Waals surface area (Å²) in [4.78, 5) is 24.3. The number of pyridine rings is 1. The van der Waals surface area contributed by atoms with E-state index in [9.17, 15) is 13.6 Å². The zero-order valence-corrected chi connectivity index (χ0v) is 15.6. The molecule has 2 aliphatic rings. The fourth-order valence-corrected chi connectivity index (χ4v) is 3.35. The third-order valence-corrected chi connectivity index (χ3v) is 4.73. The molecule has 8 nitrogen and oxygen atoms in total. The van der Waals surface area contributed by atoms with E-state index in [1.807, 2.05) is 6.07 Å². The second-order valence-electron chi connectivity index (χ2n) is 6.70. The number of cyclic esters (lactones) is 1. The highest BCUT2D eigenvalue weighted by atomic mass is 19.1. The van der Waals surface area contributed by atoms with E-state index >= 15 is 0 Å². The summed E-state index contributed by atoms with van der Waals surface area (Å²) in [6, 6.07) is 7.74. The van der Waals surface area contributed by atoms with Gasteiger partial charge in [-0.15, -0.1) is 0 Å². The number of nitrogens with one attached hydrogen (secondary N) is 2. The van der Waals surface area contributed by atoms with Gasteiger partial charge in [0.25, 0.3) is 0 Å². The Bertz CT molecular complexity index is 839. The molecular formula is C19H21F2N5O3. The molecule has 2 saturated heterocycles. The van der Waals surface area contributed by atoms with Crippen molar-refractivity contribution in [2.75, 3.05) is 54.4 Å². The molecule has 29 heavy (non-hydrogen) atoms. The molecule has 10 heteroatoms. The lowest BCUT2D eigenvalue weighted by Gasteiger charge is -2.24. The first-order valence-electron chi connectivity index (χ1n) is 9.33. The molecule has 0 aliphatic carbocycles. The number of aromatic nitrogens is 1. The lowest BCUT2D eigenvalue weighted by atomic mass is 10.2. The van der Waals surface area contributed by atoms with Gasteiger partial charge in [-0.25, -0.2) is 24.0 Å². The SMILES string of the molecule is O=C1O[C@@H](CNc2ccccn2)CN1c1cc(F)c(N2CCNOCC2)c(F)c1. The number of hydroxylamine groups is 1. The van der Waals surface area contributed by atoms with Crippen molar-refractivity contribution >= 4 is 23.3 Å². The Labute approximate surface area is 166 Å². The average molecular weight is 405 g/mol. The first-order chi connectivity index (χ1) is 14.1. The number of carbonyl (C=O) groups excluding carboxylic acids is 1. The van der Waals surface area contributed by atoms with E-state index in [1.54, 1.807) is 23.2 Å². The lowest BCUT2D eigenvalue weighted by Crippen LogP contribution is -2.31. The van der Waals surface area contributed by atoms with Gasteiger partial charge in [-0.05, 0) is 12.1 Å². The molecule has 1 aromatic carbocycles. The van der Waals surface area contributed by atoms with Gasteiger partial charge in [-0.1, -0.05) is 6.07 Å². The van der Waals surface area contributed by atoms with Crippen molar-refractivity contribution in [1.29, 1.82) is 0 Å². The Morgan fingerprint density at radius 3 is 2.83 bits per heavy atom. The van der Waals surface area contributed by atoms with Crippen molar-refractivity contribution in [2.24, 2.45) is 0 Å². The predicted octanol–water partition coefficient (Wildman–Crippen LogP) is 2.14. The Hall–Kier alpha value is -2.98. The Balaban J connectivity index is 1.45. The van der Waals surface area contributed by atoms with Crippen LogP contribution in [-0.2, 0) is 9.57 Å². The van der Waals surface area contributed by atoms with Crippen molar-refractivity contribution in [3.63, 3.8) is 0 Å². The molecule has 0 spiro atoms. The maximum Gasteiger partial charge on any atom is 0.414 e. The number of amides is 1. The highest BCUT2D eigenvalue weighted by Crippen LogP contribution is 2.31. The van der Waals surface area contributed by atoms with Gasteiger partial charge in [0, 0.05) is 38.0 Å². The molecule has 0 radical (unpaired) electrons. The van der Waals surface area contributed by atoms with Crippen LogP contribution in [0.3, 0.4) is 0 Å². The first-order valence-corrected chi connectivity index (χ1v) is 9.33. The minimum Gasteiger partial charge on any atom is -0.442 e. The van der Waals surface area contributed by atoms with Crippen molar-refractivity contribution in [2.45, 2.75) is 6.10 Å². The smallest absolute Gasteiger partial charge is 0.414 e. The van der Waals surface area contributed by atoms with Crippen LogP contribution in [0.2, 0.25) is 0 Å². The first kappa shape index (κ1) is 19.3. The number of hydrogen-bond acceptors (Lipinski definition) is 7. The fraction of sp³-hybridized carbons (Fsp3) is 0.368. The normalized spacial score (nSPS) is 19.8. The summed E-state index contributed by atoms with van der Waals surface area (Å²) in [5, 5.41) is 3.07. The number of rotatable bonds is 5.